The summed E-state index contributed by atoms with van der Waals surface area (Å²) in [5, 5.41) is 9.52. The van der Waals surface area contributed by atoms with E-state index in [2.05, 4.69) is 16.8 Å². The highest BCUT2D eigenvalue weighted by Crippen LogP contribution is 2.38. The van der Waals surface area contributed by atoms with Crippen molar-refractivity contribution in [3.05, 3.63) is 35.4 Å². The zero-order valence-electron chi connectivity index (χ0n) is 22.1. The van der Waals surface area contributed by atoms with E-state index in [1.54, 1.807) is 19.7 Å². The Hall–Kier alpha value is -3.63. The highest BCUT2D eigenvalue weighted by molar-refractivity contribution is 5.97. The summed E-state index contributed by atoms with van der Waals surface area (Å²) in [5.74, 6) is 3.17. The van der Waals surface area contributed by atoms with Crippen molar-refractivity contribution >= 4 is 22.6 Å². The van der Waals surface area contributed by atoms with E-state index in [-0.39, 0.29) is 6.42 Å². The summed E-state index contributed by atoms with van der Waals surface area (Å²) in [6.07, 6.45) is 0.693. The fourth-order valence-corrected chi connectivity index (χ4v) is 4.61. The number of piperazine rings is 1. The standard InChI is InChI=1S/C27H35N5O5/c1-17-13-19(14-18(2)25(17)37-12-6-7-23(33)30-34)26-28-21-15-20(35-4)16-22(36-5)24(21)27(29-26)32-10-8-31(3)9-11-32/h13-16,34H,6-12H2,1-5H3,(H,30,33). The normalized spacial score (nSPS) is 14.1. The molecule has 1 fully saturated rings. The fraction of sp³-hybridized carbons (Fsp3) is 0.444. The molecule has 1 aliphatic rings. The molecule has 10 nitrogen and oxygen atoms in total. The third-order valence-electron chi connectivity index (χ3n) is 6.61. The van der Waals surface area contributed by atoms with Gasteiger partial charge in [0.1, 0.15) is 23.1 Å². The van der Waals surface area contributed by atoms with Crippen LogP contribution in [0.1, 0.15) is 24.0 Å². The summed E-state index contributed by atoms with van der Waals surface area (Å²) in [4.78, 5) is 25.8. The number of rotatable bonds is 9. The second-order valence-electron chi connectivity index (χ2n) is 9.31. The number of amides is 1. The van der Waals surface area contributed by atoms with E-state index < -0.39 is 5.91 Å². The van der Waals surface area contributed by atoms with Crippen molar-refractivity contribution < 1.29 is 24.2 Å². The van der Waals surface area contributed by atoms with Gasteiger partial charge in [-0.2, -0.15) is 0 Å². The van der Waals surface area contributed by atoms with Gasteiger partial charge in [0.15, 0.2) is 5.82 Å². The topological polar surface area (TPSA) is 109 Å². The van der Waals surface area contributed by atoms with Gasteiger partial charge < -0.3 is 24.0 Å². The first kappa shape index (κ1) is 26.4. The predicted molar refractivity (Wildman–Crippen MR) is 142 cm³/mol. The minimum atomic E-state index is -0.426. The molecule has 0 atom stereocenters. The lowest BCUT2D eigenvalue weighted by atomic mass is 10.0. The quantitative estimate of drug-likeness (QED) is 0.255. The molecule has 2 N–H and O–H groups in total. The predicted octanol–water partition coefficient (Wildman–Crippen LogP) is 3.35. The number of hydroxylamine groups is 1. The Morgan fingerprint density at radius 2 is 1.73 bits per heavy atom. The Morgan fingerprint density at radius 3 is 2.35 bits per heavy atom. The van der Waals surface area contributed by atoms with Crippen molar-refractivity contribution in [1.29, 1.82) is 0 Å². The molecule has 4 rings (SSSR count). The molecule has 1 amide bonds. The molecule has 1 aromatic heterocycles. The molecule has 37 heavy (non-hydrogen) atoms. The summed E-state index contributed by atoms with van der Waals surface area (Å²) < 4.78 is 17.2. The number of nitrogens with zero attached hydrogens (tertiary/aromatic N) is 4. The van der Waals surface area contributed by atoms with Crippen LogP contribution in [-0.4, -0.2) is 80.0 Å². The first-order valence-electron chi connectivity index (χ1n) is 12.4. The van der Waals surface area contributed by atoms with Crippen molar-refractivity contribution in [2.75, 3.05) is 59.0 Å². The van der Waals surface area contributed by atoms with Gasteiger partial charge in [0.2, 0.25) is 5.91 Å². The highest BCUT2D eigenvalue weighted by atomic mass is 16.5. The van der Waals surface area contributed by atoms with Gasteiger partial charge >= 0.3 is 0 Å². The van der Waals surface area contributed by atoms with Crippen molar-refractivity contribution in [2.45, 2.75) is 26.7 Å². The number of hydrogen-bond donors (Lipinski definition) is 2. The zero-order chi connectivity index (χ0) is 26.5. The van der Waals surface area contributed by atoms with Crippen LogP contribution in [0, 0.1) is 13.8 Å². The van der Waals surface area contributed by atoms with Gasteiger partial charge in [0.05, 0.1) is 31.7 Å². The van der Waals surface area contributed by atoms with Crippen LogP contribution in [0.25, 0.3) is 22.3 Å². The average molecular weight is 510 g/mol. The summed E-state index contributed by atoms with van der Waals surface area (Å²) >= 11 is 0. The number of anilines is 1. The maximum absolute atomic E-state index is 11.2. The summed E-state index contributed by atoms with van der Waals surface area (Å²) in [6, 6.07) is 7.84. The Kier molecular flexibility index (Phi) is 8.30. The van der Waals surface area contributed by atoms with Gasteiger partial charge in [-0.25, -0.2) is 15.4 Å². The number of hydrogen-bond acceptors (Lipinski definition) is 9. The van der Waals surface area contributed by atoms with Crippen molar-refractivity contribution in [1.82, 2.24) is 20.3 Å². The van der Waals surface area contributed by atoms with Gasteiger partial charge in [-0.3, -0.25) is 10.0 Å². The first-order valence-corrected chi connectivity index (χ1v) is 12.4. The monoisotopic (exact) mass is 509 g/mol. The molecule has 2 aromatic carbocycles. The number of likely N-dealkylation sites (N-methyl/N-ethyl adjacent to an activating group) is 1. The van der Waals surface area contributed by atoms with Crippen molar-refractivity contribution in [3.8, 4) is 28.6 Å². The Labute approximate surface area is 217 Å². The highest BCUT2D eigenvalue weighted by Gasteiger charge is 2.23. The average Bonchev–Trinajstić information content (AvgIpc) is 2.90. The zero-order valence-corrected chi connectivity index (χ0v) is 22.1. The van der Waals surface area contributed by atoms with E-state index in [1.807, 2.05) is 38.1 Å². The van der Waals surface area contributed by atoms with Crippen molar-refractivity contribution in [2.24, 2.45) is 0 Å². The third-order valence-corrected chi connectivity index (χ3v) is 6.61. The maximum atomic E-state index is 11.2. The van der Waals surface area contributed by atoms with E-state index in [0.29, 0.717) is 30.4 Å². The lowest BCUT2D eigenvalue weighted by molar-refractivity contribution is -0.129. The fourth-order valence-electron chi connectivity index (χ4n) is 4.61. The lowest BCUT2D eigenvalue weighted by Crippen LogP contribution is -2.45. The minimum Gasteiger partial charge on any atom is -0.497 e. The molecule has 2 heterocycles. The van der Waals surface area contributed by atoms with E-state index in [1.165, 1.54) is 0 Å². The molecule has 198 valence electrons. The number of benzene rings is 2. The SMILES string of the molecule is COc1cc(OC)c2c(N3CCN(C)CC3)nc(-c3cc(C)c(OCCCC(=O)NO)c(C)c3)nc2c1. The Balaban J connectivity index is 1.74. The van der Waals surface area contributed by atoms with Gasteiger partial charge in [0, 0.05) is 50.3 Å². The molecule has 0 radical (unpaired) electrons. The number of carbonyl (C=O) groups is 1. The minimum absolute atomic E-state index is 0.194. The number of nitrogens with one attached hydrogen (secondary N) is 1. The van der Waals surface area contributed by atoms with Crippen LogP contribution < -0.4 is 24.6 Å². The third kappa shape index (κ3) is 5.86. The summed E-state index contributed by atoms with van der Waals surface area (Å²) in [6.45, 7) is 7.95. The molecular formula is C27H35N5O5. The Bertz CT molecular complexity index is 1250. The molecule has 1 aliphatic heterocycles. The van der Waals surface area contributed by atoms with Crippen LogP contribution in [0.2, 0.25) is 0 Å². The van der Waals surface area contributed by atoms with Crippen LogP contribution in [0.5, 0.6) is 17.2 Å². The van der Waals surface area contributed by atoms with E-state index >= 15 is 0 Å². The number of ether oxygens (including phenoxy) is 3. The second-order valence-corrected chi connectivity index (χ2v) is 9.31. The van der Waals surface area contributed by atoms with Gasteiger partial charge in [-0.15, -0.1) is 0 Å². The Morgan fingerprint density at radius 1 is 1.03 bits per heavy atom. The van der Waals surface area contributed by atoms with E-state index in [4.69, 9.17) is 29.4 Å². The van der Waals surface area contributed by atoms with Gasteiger partial charge in [-0.05, 0) is 50.6 Å². The van der Waals surface area contributed by atoms with Gasteiger partial charge in [-0.1, -0.05) is 0 Å². The number of aromatic nitrogens is 2. The smallest absolute Gasteiger partial charge is 0.243 e. The van der Waals surface area contributed by atoms with E-state index in [0.717, 1.165) is 65.3 Å². The molecule has 0 unspecified atom stereocenters. The van der Waals surface area contributed by atoms with E-state index in [9.17, 15) is 4.79 Å². The lowest BCUT2D eigenvalue weighted by Gasteiger charge is -2.34. The molecule has 0 aliphatic carbocycles. The van der Waals surface area contributed by atoms with Crippen LogP contribution >= 0.6 is 0 Å². The molecule has 0 saturated carbocycles. The summed E-state index contributed by atoms with van der Waals surface area (Å²) in [5.41, 5.74) is 5.19. The molecule has 10 heteroatoms. The number of fused-ring (bicyclic) bond motifs is 1. The van der Waals surface area contributed by atoms with Crippen molar-refractivity contribution in [3.63, 3.8) is 0 Å². The summed E-state index contributed by atoms with van der Waals surface area (Å²) in [7, 11) is 5.41. The molecular weight excluding hydrogens is 474 g/mol. The first-order chi connectivity index (χ1) is 17.8. The molecule has 0 bridgehead atoms. The molecule has 3 aromatic rings. The number of carbonyl (C=O) groups excluding carboxylic acids is 1. The van der Waals surface area contributed by atoms with Gasteiger partial charge in [0.25, 0.3) is 0 Å². The number of aryl methyl sites for hydroxylation is 2. The maximum Gasteiger partial charge on any atom is 0.243 e. The molecule has 1 saturated heterocycles. The van der Waals surface area contributed by atoms with Crippen LogP contribution in [0.3, 0.4) is 0 Å². The van der Waals surface area contributed by atoms with Crippen LogP contribution in [0.4, 0.5) is 5.82 Å². The second kappa shape index (κ2) is 11.6. The largest absolute Gasteiger partial charge is 0.497 e. The van der Waals surface area contributed by atoms with Crippen LogP contribution in [-0.2, 0) is 4.79 Å². The number of methoxy groups -OCH3 is 2. The molecule has 0 spiro atoms. The van der Waals surface area contributed by atoms with Crippen LogP contribution in [0.15, 0.2) is 24.3 Å².